The van der Waals surface area contributed by atoms with Gasteiger partial charge in [-0.15, -0.1) is 0 Å². The van der Waals surface area contributed by atoms with Gasteiger partial charge >= 0.3 is 0 Å². The van der Waals surface area contributed by atoms with E-state index in [1.54, 1.807) is 9.80 Å². The van der Waals surface area contributed by atoms with E-state index in [0.29, 0.717) is 37.6 Å². The van der Waals surface area contributed by atoms with Crippen molar-refractivity contribution in [3.63, 3.8) is 0 Å². The average molecular weight is 363 g/mol. The lowest BCUT2D eigenvalue weighted by molar-refractivity contribution is -0.134. The maximum atomic E-state index is 12.7. The summed E-state index contributed by atoms with van der Waals surface area (Å²) in [6.07, 6.45) is 0. The van der Waals surface area contributed by atoms with Crippen LogP contribution in [-0.4, -0.2) is 59.4 Å². The van der Waals surface area contributed by atoms with Gasteiger partial charge in [-0.3, -0.25) is 9.59 Å². The number of benzene rings is 2. The normalized spacial score (nSPS) is 14.4. The summed E-state index contributed by atoms with van der Waals surface area (Å²) < 4.78 is 5.52. The van der Waals surface area contributed by atoms with Gasteiger partial charge in [-0.25, -0.2) is 0 Å². The largest absolute Gasteiger partial charge is 0.484 e. The quantitative estimate of drug-likeness (QED) is 0.775. The first kappa shape index (κ1) is 17.1. The van der Waals surface area contributed by atoms with Crippen LogP contribution in [0.1, 0.15) is 10.5 Å². The number of carbonyl (C=O) groups is 2. The molecule has 1 N–H and O–H groups in total. The Hall–Kier alpha value is -3.28. The molecule has 6 nitrogen and oxygen atoms in total. The van der Waals surface area contributed by atoms with Crippen molar-refractivity contribution >= 4 is 22.7 Å². The lowest BCUT2D eigenvalue weighted by atomic mass is 10.2. The molecule has 0 radical (unpaired) electrons. The molecule has 1 fully saturated rings. The maximum Gasteiger partial charge on any atom is 0.270 e. The predicted molar refractivity (Wildman–Crippen MR) is 103 cm³/mol. The van der Waals surface area contributed by atoms with Crippen LogP contribution in [-0.2, 0) is 4.79 Å². The summed E-state index contributed by atoms with van der Waals surface area (Å²) in [5.74, 6) is 0.592. The number of H-pyrrole nitrogens is 1. The Morgan fingerprint density at radius 3 is 2.30 bits per heavy atom. The molecule has 1 aliphatic heterocycles. The van der Waals surface area contributed by atoms with E-state index in [9.17, 15) is 9.59 Å². The highest BCUT2D eigenvalue weighted by molar-refractivity contribution is 5.98. The molecule has 0 aliphatic carbocycles. The highest BCUT2D eigenvalue weighted by Gasteiger charge is 2.25. The first-order chi connectivity index (χ1) is 13.2. The van der Waals surface area contributed by atoms with Gasteiger partial charge in [-0.2, -0.15) is 0 Å². The Morgan fingerprint density at radius 2 is 1.56 bits per heavy atom. The van der Waals surface area contributed by atoms with E-state index in [0.717, 1.165) is 10.9 Å². The van der Waals surface area contributed by atoms with E-state index >= 15 is 0 Å². The second-order valence-corrected chi connectivity index (χ2v) is 6.54. The van der Waals surface area contributed by atoms with Gasteiger partial charge in [-0.1, -0.05) is 36.4 Å². The lowest BCUT2D eigenvalue weighted by Crippen LogP contribution is -2.51. The third kappa shape index (κ3) is 3.79. The molecule has 4 rings (SSSR count). The topological polar surface area (TPSA) is 65.6 Å². The van der Waals surface area contributed by atoms with Crippen LogP contribution in [0.25, 0.3) is 10.9 Å². The SMILES string of the molecule is O=C(COc1ccccc1)N1CCN(C(=O)c2cc3ccccc3[nH]2)CC1. The number of para-hydroxylation sites is 2. The molecule has 0 atom stereocenters. The molecule has 1 aliphatic rings. The molecule has 1 aromatic heterocycles. The zero-order valence-electron chi connectivity index (χ0n) is 14.9. The van der Waals surface area contributed by atoms with E-state index in [1.165, 1.54) is 0 Å². The highest BCUT2D eigenvalue weighted by Crippen LogP contribution is 2.17. The van der Waals surface area contributed by atoms with Crippen LogP contribution in [0.3, 0.4) is 0 Å². The number of hydrogen-bond acceptors (Lipinski definition) is 3. The first-order valence-electron chi connectivity index (χ1n) is 9.03. The van der Waals surface area contributed by atoms with E-state index in [2.05, 4.69) is 4.98 Å². The van der Waals surface area contributed by atoms with Crippen molar-refractivity contribution in [2.45, 2.75) is 0 Å². The number of hydrogen-bond donors (Lipinski definition) is 1. The molecule has 0 unspecified atom stereocenters. The Balaban J connectivity index is 1.31. The van der Waals surface area contributed by atoms with E-state index < -0.39 is 0 Å². The van der Waals surface area contributed by atoms with Crippen molar-refractivity contribution < 1.29 is 14.3 Å². The molecule has 138 valence electrons. The van der Waals surface area contributed by atoms with Crippen LogP contribution < -0.4 is 4.74 Å². The molecule has 2 heterocycles. The Labute approximate surface area is 157 Å². The number of aromatic nitrogens is 1. The van der Waals surface area contributed by atoms with Crippen LogP contribution in [0.15, 0.2) is 60.7 Å². The minimum Gasteiger partial charge on any atom is -0.484 e. The number of carbonyl (C=O) groups excluding carboxylic acids is 2. The summed E-state index contributed by atoms with van der Waals surface area (Å²) in [4.78, 5) is 31.8. The highest BCUT2D eigenvalue weighted by atomic mass is 16.5. The summed E-state index contributed by atoms with van der Waals surface area (Å²) in [6, 6.07) is 19.0. The van der Waals surface area contributed by atoms with Gasteiger partial charge in [0.1, 0.15) is 11.4 Å². The summed E-state index contributed by atoms with van der Waals surface area (Å²) in [5, 5.41) is 1.02. The number of nitrogens with one attached hydrogen (secondary N) is 1. The van der Waals surface area contributed by atoms with Gasteiger partial charge in [0.2, 0.25) is 0 Å². The van der Waals surface area contributed by atoms with E-state index in [-0.39, 0.29) is 18.4 Å². The lowest BCUT2D eigenvalue weighted by Gasteiger charge is -2.34. The summed E-state index contributed by atoms with van der Waals surface area (Å²) in [5.41, 5.74) is 1.54. The molecular formula is C21H21N3O3. The number of fused-ring (bicyclic) bond motifs is 1. The zero-order valence-corrected chi connectivity index (χ0v) is 14.9. The number of rotatable bonds is 4. The van der Waals surface area contributed by atoms with Crippen LogP contribution in [0.4, 0.5) is 0 Å². The van der Waals surface area contributed by atoms with Crippen molar-refractivity contribution in [2.75, 3.05) is 32.8 Å². The summed E-state index contributed by atoms with van der Waals surface area (Å²) in [6.45, 7) is 2.09. The third-order valence-electron chi connectivity index (χ3n) is 4.79. The van der Waals surface area contributed by atoms with Crippen molar-refractivity contribution in [2.24, 2.45) is 0 Å². The van der Waals surface area contributed by atoms with E-state index in [4.69, 9.17) is 4.74 Å². The van der Waals surface area contributed by atoms with Gasteiger partial charge < -0.3 is 19.5 Å². The maximum absolute atomic E-state index is 12.7. The van der Waals surface area contributed by atoms with Crippen LogP contribution in [0.2, 0.25) is 0 Å². The number of nitrogens with zero attached hydrogens (tertiary/aromatic N) is 2. The first-order valence-corrected chi connectivity index (χ1v) is 9.03. The molecule has 2 aromatic carbocycles. The molecule has 1 saturated heterocycles. The van der Waals surface area contributed by atoms with Gasteiger partial charge in [0, 0.05) is 37.1 Å². The summed E-state index contributed by atoms with van der Waals surface area (Å²) in [7, 11) is 0. The molecule has 27 heavy (non-hydrogen) atoms. The minimum atomic E-state index is -0.0587. The van der Waals surface area contributed by atoms with Gasteiger partial charge in [0.15, 0.2) is 6.61 Å². The predicted octanol–water partition coefficient (Wildman–Crippen LogP) is 2.53. The standard InChI is InChI=1S/C21H21N3O3/c25-20(15-27-17-7-2-1-3-8-17)23-10-12-24(13-11-23)21(26)19-14-16-6-4-5-9-18(16)22-19/h1-9,14,22H,10-13,15H2. The molecule has 0 saturated carbocycles. The van der Waals surface area contributed by atoms with Gasteiger partial charge in [-0.05, 0) is 24.3 Å². The fourth-order valence-electron chi connectivity index (χ4n) is 3.27. The second kappa shape index (κ2) is 7.53. The summed E-state index contributed by atoms with van der Waals surface area (Å²) >= 11 is 0. The fourth-order valence-corrected chi connectivity index (χ4v) is 3.27. The fraction of sp³-hybridized carbons (Fsp3) is 0.238. The van der Waals surface area contributed by atoms with E-state index in [1.807, 2.05) is 60.7 Å². The van der Waals surface area contributed by atoms with Crippen molar-refractivity contribution in [1.29, 1.82) is 0 Å². The third-order valence-corrected chi connectivity index (χ3v) is 4.79. The van der Waals surface area contributed by atoms with Crippen LogP contribution in [0.5, 0.6) is 5.75 Å². The number of aromatic amines is 1. The Kier molecular flexibility index (Phi) is 4.78. The Bertz CT molecular complexity index is 910. The van der Waals surface area contributed by atoms with Crippen molar-refractivity contribution in [3.05, 3.63) is 66.4 Å². The smallest absolute Gasteiger partial charge is 0.270 e. The minimum absolute atomic E-state index is 0.0139. The van der Waals surface area contributed by atoms with Crippen LogP contribution >= 0.6 is 0 Å². The van der Waals surface area contributed by atoms with Gasteiger partial charge in [0.05, 0.1) is 0 Å². The average Bonchev–Trinajstić information content (AvgIpc) is 3.16. The van der Waals surface area contributed by atoms with Gasteiger partial charge in [0.25, 0.3) is 11.8 Å². The number of piperazine rings is 1. The van der Waals surface area contributed by atoms with Crippen LogP contribution in [0, 0.1) is 0 Å². The molecule has 2 amide bonds. The Morgan fingerprint density at radius 1 is 0.889 bits per heavy atom. The number of amides is 2. The molecule has 0 spiro atoms. The zero-order chi connectivity index (χ0) is 18.6. The molecule has 6 heteroatoms. The molecular weight excluding hydrogens is 342 g/mol. The second-order valence-electron chi connectivity index (χ2n) is 6.54. The molecule has 3 aromatic rings. The molecule has 0 bridgehead atoms. The van der Waals surface area contributed by atoms with Crippen molar-refractivity contribution in [3.8, 4) is 5.75 Å². The van der Waals surface area contributed by atoms with Crippen molar-refractivity contribution in [1.82, 2.24) is 14.8 Å². The number of ether oxygens (including phenoxy) is 1. The monoisotopic (exact) mass is 363 g/mol.